The molecule has 5 nitrogen and oxygen atoms in total. The molecule has 2 aliphatic heterocycles. The number of aromatic nitrogens is 3. The summed E-state index contributed by atoms with van der Waals surface area (Å²) in [5.41, 5.74) is 0.874. The van der Waals surface area contributed by atoms with E-state index in [1.807, 2.05) is 30.3 Å². The number of hydrogen-bond acceptors (Lipinski definition) is 3. The van der Waals surface area contributed by atoms with Gasteiger partial charge in [0.2, 0.25) is 5.82 Å². The van der Waals surface area contributed by atoms with E-state index in [0.29, 0.717) is 6.42 Å². The van der Waals surface area contributed by atoms with Crippen molar-refractivity contribution in [3.05, 3.63) is 47.5 Å². The van der Waals surface area contributed by atoms with Crippen molar-refractivity contribution in [1.82, 2.24) is 19.7 Å². The van der Waals surface area contributed by atoms with Gasteiger partial charge in [-0.15, -0.1) is 5.10 Å². The zero-order valence-corrected chi connectivity index (χ0v) is 13.4. The molecule has 0 aliphatic carbocycles. The summed E-state index contributed by atoms with van der Waals surface area (Å²) in [5.74, 6) is -0.764. The minimum absolute atomic E-state index is 0.0880. The van der Waals surface area contributed by atoms with Crippen LogP contribution in [0.1, 0.15) is 53.5 Å². The topological polar surface area (TPSA) is 51.0 Å². The van der Waals surface area contributed by atoms with Gasteiger partial charge in [0.1, 0.15) is 0 Å². The van der Waals surface area contributed by atoms with Gasteiger partial charge in [0.25, 0.3) is 12.3 Å². The van der Waals surface area contributed by atoms with E-state index in [-0.39, 0.29) is 37.1 Å². The fraction of sp³-hybridized carbons (Fsp3) is 0.471. The van der Waals surface area contributed by atoms with E-state index in [1.165, 1.54) is 4.68 Å². The third-order valence-electron chi connectivity index (χ3n) is 4.89. The first-order valence-electron chi connectivity index (χ1n) is 8.31. The lowest BCUT2D eigenvalue weighted by Crippen LogP contribution is -2.40. The second-order valence-electron chi connectivity index (χ2n) is 6.41. The first-order chi connectivity index (χ1) is 12.1. The summed E-state index contributed by atoms with van der Waals surface area (Å²) >= 11 is 0. The molecule has 2 aromatic rings. The highest BCUT2D eigenvalue weighted by Crippen LogP contribution is 2.39. The van der Waals surface area contributed by atoms with Gasteiger partial charge in [-0.1, -0.05) is 30.3 Å². The molecule has 4 rings (SSSR count). The van der Waals surface area contributed by atoms with Crippen molar-refractivity contribution in [2.24, 2.45) is 0 Å². The summed E-state index contributed by atoms with van der Waals surface area (Å²) in [7, 11) is 0. The van der Waals surface area contributed by atoms with Gasteiger partial charge in [-0.3, -0.25) is 4.79 Å². The molecule has 2 aliphatic rings. The summed E-state index contributed by atoms with van der Waals surface area (Å²) < 4.78 is 41.9. The Kier molecular flexibility index (Phi) is 3.97. The first-order valence-corrected chi connectivity index (χ1v) is 8.31. The average Bonchev–Trinajstić information content (AvgIpc) is 3.31. The maximum absolute atomic E-state index is 14.3. The number of alkyl halides is 3. The number of rotatable bonds is 3. The number of fused-ring (bicyclic) bond motifs is 1. The number of carbonyl (C=O) groups excluding carboxylic acids is 1. The van der Waals surface area contributed by atoms with Crippen molar-refractivity contribution in [2.45, 2.75) is 43.9 Å². The second kappa shape index (κ2) is 6.16. The number of likely N-dealkylation sites (tertiary alicyclic amines) is 1. The predicted molar refractivity (Wildman–Crippen MR) is 83.1 cm³/mol. The van der Waals surface area contributed by atoms with Crippen LogP contribution in [0.5, 0.6) is 0 Å². The van der Waals surface area contributed by atoms with E-state index in [9.17, 15) is 18.0 Å². The van der Waals surface area contributed by atoms with Crippen LogP contribution in [0.25, 0.3) is 0 Å². The largest absolute Gasteiger partial charge is 0.327 e. The molecule has 0 spiro atoms. The van der Waals surface area contributed by atoms with Crippen molar-refractivity contribution in [1.29, 1.82) is 0 Å². The Bertz CT molecular complexity index is 779. The molecule has 1 fully saturated rings. The van der Waals surface area contributed by atoms with Gasteiger partial charge >= 0.3 is 0 Å². The van der Waals surface area contributed by atoms with Gasteiger partial charge in [-0.05, 0) is 18.4 Å². The van der Waals surface area contributed by atoms with Crippen LogP contribution in [0.3, 0.4) is 0 Å². The Hall–Kier alpha value is -2.38. The molecule has 0 saturated carbocycles. The van der Waals surface area contributed by atoms with Crippen molar-refractivity contribution in [2.75, 3.05) is 6.54 Å². The molecule has 132 valence electrons. The van der Waals surface area contributed by atoms with Gasteiger partial charge in [-0.2, -0.15) is 0 Å². The molecule has 8 heteroatoms. The molecule has 0 unspecified atom stereocenters. The quantitative estimate of drug-likeness (QED) is 0.854. The maximum atomic E-state index is 14.3. The number of halogens is 3. The molecule has 0 bridgehead atoms. The molecule has 1 saturated heterocycles. The molecule has 1 aromatic heterocycles. The minimum Gasteiger partial charge on any atom is -0.327 e. The highest BCUT2D eigenvalue weighted by molar-refractivity contribution is 5.91. The van der Waals surface area contributed by atoms with Crippen LogP contribution < -0.4 is 0 Å². The van der Waals surface area contributed by atoms with Crippen molar-refractivity contribution in [3.63, 3.8) is 0 Å². The molecule has 3 atom stereocenters. The normalized spacial score (nSPS) is 25.6. The summed E-state index contributed by atoms with van der Waals surface area (Å²) in [6.07, 6.45) is -2.95. The summed E-state index contributed by atoms with van der Waals surface area (Å²) in [6.45, 7) is 0.249. The van der Waals surface area contributed by atoms with Crippen LogP contribution in [-0.2, 0) is 0 Å². The number of hydrogen-bond donors (Lipinski definition) is 0. The van der Waals surface area contributed by atoms with Crippen molar-refractivity contribution < 1.29 is 18.0 Å². The third kappa shape index (κ3) is 2.69. The highest BCUT2D eigenvalue weighted by Gasteiger charge is 2.40. The smallest absolute Gasteiger partial charge is 0.293 e. The monoisotopic (exact) mass is 350 g/mol. The SMILES string of the molecule is O=C(c1nc2n(n1)[C@@H](c1ccccc1)C[C@H]2F)N1CCC[C@@H]1C(F)F. The lowest BCUT2D eigenvalue weighted by Gasteiger charge is -2.22. The van der Waals surface area contributed by atoms with E-state index < -0.39 is 24.5 Å². The lowest BCUT2D eigenvalue weighted by atomic mass is 10.0. The lowest BCUT2D eigenvalue weighted by molar-refractivity contribution is 0.0354. The Morgan fingerprint density at radius 1 is 1.24 bits per heavy atom. The van der Waals surface area contributed by atoms with Gasteiger partial charge in [-0.25, -0.2) is 22.8 Å². The zero-order chi connectivity index (χ0) is 17.6. The maximum Gasteiger partial charge on any atom is 0.293 e. The first kappa shape index (κ1) is 16.1. The zero-order valence-electron chi connectivity index (χ0n) is 13.4. The Morgan fingerprint density at radius 2 is 2.00 bits per heavy atom. The number of carbonyl (C=O) groups is 1. The van der Waals surface area contributed by atoms with E-state index in [0.717, 1.165) is 10.5 Å². The fourth-order valence-corrected chi connectivity index (χ4v) is 3.66. The van der Waals surface area contributed by atoms with E-state index in [4.69, 9.17) is 0 Å². The second-order valence-corrected chi connectivity index (χ2v) is 6.41. The van der Waals surface area contributed by atoms with Crippen LogP contribution >= 0.6 is 0 Å². The van der Waals surface area contributed by atoms with Crippen LogP contribution in [0, 0.1) is 0 Å². The van der Waals surface area contributed by atoms with Crippen LogP contribution in [0.4, 0.5) is 13.2 Å². The van der Waals surface area contributed by atoms with Crippen molar-refractivity contribution in [3.8, 4) is 0 Å². The molecule has 1 amide bonds. The van der Waals surface area contributed by atoms with Crippen LogP contribution in [-0.4, -0.2) is 44.6 Å². The molecule has 0 radical (unpaired) electrons. The van der Waals surface area contributed by atoms with Gasteiger partial charge in [0.15, 0.2) is 12.0 Å². The average molecular weight is 350 g/mol. The Labute approximate surface area is 142 Å². The van der Waals surface area contributed by atoms with Crippen LogP contribution in [0.2, 0.25) is 0 Å². The van der Waals surface area contributed by atoms with Gasteiger partial charge < -0.3 is 4.90 Å². The number of nitrogens with zero attached hydrogens (tertiary/aromatic N) is 4. The van der Waals surface area contributed by atoms with Gasteiger partial charge in [0, 0.05) is 13.0 Å². The summed E-state index contributed by atoms with van der Waals surface area (Å²) in [5, 5.41) is 4.17. The van der Waals surface area contributed by atoms with E-state index >= 15 is 0 Å². The standard InChI is InChI=1S/C17H17F3N4O/c18-11-9-13(10-5-2-1-3-6-10)24-16(11)21-15(22-24)17(25)23-8-4-7-12(23)14(19)20/h1-3,5-6,11-14H,4,7-9H2/t11-,12-,13-/m1/s1. The highest BCUT2D eigenvalue weighted by atomic mass is 19.3. The molecule has 3 heterocycles. The fourth-order valence-electron chi connectivity index (χ4n) is 3.66. The van der Waals surface area contributed by atoms with Crippen LogP contribution in [0.15, 0.2) is 30.3 Å². The summed E-state index contributed by atoms with van der Waals surface area (Å²) in [6, 6.07) is 7.83. The van der Waals surface area contributed by atoms with Crippen molar-refractivity contribution >= 4 is 5.91 Å². The Balaban J connectivity index is 1.64. The van der Waals surface area contributed by atoms with Gasteiger partial charge in [0.05, 0.1) is 12.1 Å². The van der Waals surface area contributed by atoms with E-state index in [2.05, 4.69) is 10.1 Å². The molecular formula is C17H17F3N4O. The Morgan fingerprint density at radius 3 is 2.72 bits per heavy atom. The third-order valence-corrected chi connectivity index (χ3v) is 4.89. The number of benzene rings is 1. The molecule has 25 heavy (non-hydrogen) atoms. The molecule has 1 aromatic carbocycles. The minimum atomic E-state index is -2.60. The predicted octanol–water partition coefficient (Wildman–Crippen LogP) is 3.15. The number of amides is 1. The summed E-state index contributed by atoms with van der Waals surface area (Å²) in [4.78, 5) is 17.7. The molecular weight excluding hydrogens is 333 g/mol. The van der Waals surface area contributed by atoms with E-state index in [1.54, 1.807) is 0 Å². The molecule has 0 N–H and O–H groups in total.